The van der Waals surface area contributed by atoms with E-state index in [9.17, 15) is 40.3 Å². The molecule has 0 aromatic heterocycles. The first-order valence-electron chi connectivity index (χ1n) is 4.40. The van der Waals surface area contributed by atoms with E-state index in [4.69, 9.17) is 0 Å². The summed E-state index contributed by atoms with van der Waals surface area (Å²) < 4.78 is 85.8. The van der Waals surface area contributed by atoms with Crippen molar-refractivity contribution in [3.63, 3.8) is 0 Å². The highest BCUT2D eigenvalue weighted by molar-refractivity contribution is 5.95. The Balaban J connectivity index is 2.91. The minimum Gasteiger partial charge on any atom is -0.271 e. The zero-order chi connectivity index (χ0) is 15.1. The Labute approximate surface area is 99.6 Å². The predicted molar refractivity (Wildman–Crippen MR) is 44.0 cm³/mol. The quantitative estimate of drug-likeness (QED) is 0.792. The maximum Gasteiger partial charge on any atom is 0.460 e. The Hall–Kier alpha value is -1.88. The Kier molecular flexibility index (Phi) is 3.47. The summed E-state index contributed by atoms with van der Waals surface area (Å²) in [6.07, 6.45) is -6.21. The van der Waals surface area contributed by atoms with Crippen LogP contribution in [0.25, 0.3) is 0 Å². The molecule has 12 heteroatoms. The van der Waals surface area contributed by atoms with Crippen molar-refractivity contribution in [3.8, 4) is 0 Å². The second-order valence-electron chi connectivity index (χ2n) is 3.30. The number of nitrogens with one attached hydrogen (secondary N) is 1. The van der Waals surface area contributed by atoms with Crippen molar-refractivity contribution in [2.45, 2.75) is 24.4 Å². The molecule has 5 nitrogen and oxygen atoms in total. The van der Waals surface area contributed by atoms with Crippen LogP contribution in [0.4, 0.5) is 30.7 Å². The number of amides is 2. The summed E-state index contributed by atoms with van der Waals surface area (Å²) in [4.78, 5) is 21.6. The van der Waals surface area contributed by atoms with E-state index in [1.807, 2.05) is 0 Å². The fourth-order valence-corrected chi connectivity index (χ4v) is 0.930. The Morgan fingerprint density at radius 3 is 2.11 bits per heavy atom. The van der Waals surface area contributed by atoms with Crippen molar-refractivity contribution in [3.05, 3.63) is 0 Å². The van der Waals surface area contributed by atoms with Gasteiger partial charge in [-0.15, -0.1) is 5.12 Å². The van der Waals surface area contributed by atoms with E-state index in [2.05, 4.69) is 5.10 Å². The van der Waals surface area contributed by atoms with Crippen molar-refractivity contribution < 1.29 is 40.3 Å². The van der Waals surface area contributed by atoms with Crippen LogP contribution in [0, 0.1) is 0 Å². The van der Waals surface area contributed by atoms with E-state index in [1.54, 1.807) is 0 Å². The van der Waals surface area contributed by atoms with Crippen LogP contribution in [-0.2, 0) is 9.59 Å². The van der Waals surface area contributed by atoms with Gasteiger partial charge in [0.2, 0.25) is 0 Å². The molecule has 1 aliphatic heterocycles. The second kappa shape index (κ2) is 4.35. The van der Waals surface area contributed by atoms with E-state index in [0.29, 0.717) is 0 Å². The molecule has 0 aromatic carbocycles. The minimum atomic E-state index is -6.63. The molecule has 0 aromatic rings. The lowest BCUT2D eigenvalue weighted by molar-refractivity contribution is -0.344. The largest absolute Gasteiger partial charge is 0.460 e. The molecule has 1 aliphatic rings. The summed E-state index contributed by atoms with van der Waals surface area (Å²) in [5, 5.41) is 2.83. The maximum absolute atomic E-state index is 12.8. The van der Waals surface area contributed by atoms with Crippen LogP contribution < -0.4 is 5.43 Å². The van der Waals surface area contributed by atoms with Gasteiger partial charge in [0, 0.05) is 6.21 Å². The summed E-state index contributed by atoms with van der Waals surface area (Å²) in [5.74, 6) is -16.7. The van der Waals surface area contributed by atoms with Gasteiger partial charge in [0.25, 0.3) is 5.91 Å². The van der Waals surface area contributed by atoms with Crippen LogP contribution in [0.1, 0.15) is 6.42 Å². The fraction of sp³-hybridized carbons (Fsp3) is 0.571. The fourth-order valence-electron chi connectivity index (χ4n) is 0.930. The standard InChI is InChI=1S/C7H4F7N3O2/c8-5(9,6(10,11)7(12,13)14)4(19)16-17-3(18)1-2-15-17/h2H,1H2,(H,16,19). The SMILES string of the molecule is O=C1CC=NN1NC(=O)C(F)(F)C(F)(F)C(F)(F)F. The van der Waals surface area contributed by atoms with Gasteiger partial charge in [-0.1, -0.05) is 0 Å². The van der Waals surface area contributed by atoms with Gasteiger partial charge in [0.1, 0.15) is 0 Å². The summed E-state index contributed by atoms with van der Waals surface area (Å²) in [6.45, 7) is 0. The average molecular weight is 295 g/mol. The number of rotatable bonds is 3. The summed E-state index contributed by atoms with van der Waals surface area (Å²) in [6, 6.07) is 0. The lowest BCUT2D eigenvalue weighted by atomic mass is 10.1. The van der Waals surface area contributed by atoms with Crippen LogP contribution in [0.15, 0.2) is 5.10 Å². The Morgan fingerprint density at radius 1 is 1.21 bits per heavy atom. The van der Waals surface area contributed by atoms with Gasteiger partial charge in [-0.3, -0.25) is 9.59 Å². The van der Waals surface area contributed by atoms with Gasteiger partial charge in [-0.25, -0.2) is 5.43 Å². The van der Waals surface area contributed by atoms with Gasteiger partial charge in [0.15, 0.2) is 0 Å². The normalized spacial score (nSPS) is 17.0. The van der Waals surface area contributed by atoms with E-state index in [1.165, 1.54) is 0 Å². The molecule has 0 fully saturated rings. The monoisotopic (exact) mass is 295 g/mol. The van der Waals surface area contributed by atoms with Crippen LogP contribution in [0.2, 0.25) is 0 Å². The Bertz CT molecular complexity index is 431. The van der Waals surface area contributed by atoms with Crippen molar-refractivity contribution in [2.75, 3.05) is 0 Å². The molecular formula is C7H4F7N3O2. The molecule has 19 heavy (non-hydrogen) atoms. The minimum absolute atomic E-state index is 0.150. The van der Waals surface area contributed by atoms with E-state index in [0.717, 1.165) is 11.6 Å². The zero-order valence-corrected chi connectivity index (χ0v) is 8.64. The number of nitrogens with zero attached hydrogens (tertiary/aromatic N) is 2. The third-order valence-electron chi connectivity index (χ3n) is 1.94. The van der Waals surface area contributed by atoms with Crippen molar-refractivity contribution in [1.29, 1.82) is 0 Å². The molecule has 108 valence electrons. The smallest absolute Gasteiger partial charge is 0.271 e. The first-order valence-corrected chi connectivity index (χ1v) is 4.40. The maximum atomic E-state index is 12.8. The van der Waals surface area contributed by atoms with Gasteiger partial charge < -0.3 is 0 Å². The topological polar surface area (TPSA) is 61.8 Å². The number of hydrazone groups is 1. The summed E-state index contributed by atoms with van der Waals surface area (Å²) in [5.41, 5.74) is 0.864. The van der Waals surface area contributed by atoms with Crippen molar-refractivity contribution in [1.82, 2.24) is 10.5 Å². The van der Waals surface area contributed by atoms with Crippen LogP contribution in [0.5, 0.6) is 0 Å². The third-order valence-corrected chi connectivity index (χ3v) is 1.94. The molecule has 0 saturated heterocycles. The number of alkyl halides is 7. The molecule has 0 bridgehead atoms. The highest BCUT2D eigenvalue weighted by Gasteiger charge is 2.76. The zero-order valence-electron chi connectivity index (χ0n) is 8.64. The number of hydrazine groups is 1. The van der Waals surface area contributed by atoms with Gasteiger partial charge in [-0.05, 0) is 0 Å². The molecular weight excluding hydrogens is 291 g/mol. The molecule has 0 spiro atoms. The summed E-state index contributed by atoms with van der Waals surface area (Å²) in [7, 11) is 0. The van der Waals surface area contributed by atoms with Crippen molar-refractivity contribution >= 4 is 18.0 Å². The van der Waals surface area contributed by atoms with Crippen molar-refractivity contribution in [2.24, 2.45) is 5.10 Å². The molecule has 0 radical (unpaired) electrons. The average Bonchev–Trinajstić information content (AvgIpc) is 2.62. The first kappa shape index (κ1) is 15.2. The molecule has 2 amide bonds. The molecule has 0 saturated carbocycles. The molecule has 0 unspecified atom stereocenters. The second-order valence-corrected chi connectivity index (χ2v) is 3.30. The number of carbonyl (C=O) groups is 2. The lowest BCUT2D eigenvalue weighted by Crippen LogP contribution is -2.61. The van der Waals surface area contributed by atoms with Gasteiger partial charge >= 0.3 is 23.9 Å². The Morgan fingerprint density at radius 2 is 1.74 bits per heavy atom. The number of hydrogen-bond acceptors (Lipinski definition) is 3. The van der Waals surface area contributed by atoms with E-state index >= 15 is 0 Å². The third kappa shape index (κ3) is 2.46. The molecule has 1 heterocycles. The van der Waals surface area contributed by atoms with Crippen LogP contribution >= 0.6 is 0 Å². The molecule has 1 N–H and O–H groups in total. The molecule has 0 aliphatic carbocycles. The van der Waals surface area contributed by atoms with Gasteiger partial charge in [-0.2, -0.15) is 35.8 Å². The first-order chi connectivity index (χ1) is 8.41. The van der Waals surface area contributed by atoms with Gasteiger partial charge in [0.05, 0.1) is 6.42 Å². The summed E-state index contributed by atoms with van der Waals surface area (Å²) >= 11 is 0. The highest BCUT2D eigenvalue weighted by Crippen LogP contribution is 2.46. The number of carbonyl (C=O) groups excluding carboxylic acids is 2. The molecule has 0 atom stereocenters. The predicted octanol–water partition coefficient (Wildman–Crippen LogP) is 1.07. The number of halogens is 7. The van der Waals surface area contributed by atoms with Crippen LogP contribution in [0.3, 0.4) is 0 Å². The van der Waals surface area contributed by atoms with E-state index < -0.39 is 36.3 Å². The van der Waals surface area contributed by atoms with E-state index in [-0.39, 0.29) is 5.12 Å². The highest BCUT2D eigenvalue weighted by atomic mass is 19.4. The van der Waals surface area contributed by atoms with Crippen LogP contribution in [-0.4, -0.2) is 41.2 Å². The molecule has 1 rings (SSSR count). The number of hydrogen-bond donors (Lipinski definition) is 1. The lowest BCUT2D eigenvalue weighted by Gasteiger charge is -2.27.